The van der Waals surface area contributed by atoms with Crippen LogP contribution in [0.5, 0.6) is 0 Å². The van der Waals surface area contributed by atoms with Crippen molar-refractivity contribution in [3.8, 4) is 0 Å². The fourth-order valence-corrected chi connectivity index (χ4v) is 0.767. The molecule has 2 N–H and O–H groups in total. The molecule has 0 aliphatic carbocycles. The monoisotopic (exact) mass is 172 g/mol. The number of carboxylic acid groups (broad SMARTS) is 2. The van der Waals surface area contributed by atoms with Crippen molar-refractivity contribution in [1.82, 2.24) is 0 Å². The Hall–Kier alpha value is -1.32. The summed E-state index contributed by atoms with van der Waals surface area (Å²) in [4.78, 5) is 20.6. The van der Waals surface area contributed by atoms with Gasteiger partial charge in [0.1, 0.15) is 0 Å². The topological polar surface area (TPSA) is 74.6 Å². The molecule has 0 atom stereocenters. The Kier molecular flexibility index (Phi) is 4.04. The first-order chi connectivity index (χ1) is 5.45. The minimum atomic E-state index is -1.05. The fourth-order valence-electron chi connectivity index (χ4n) is 0.767. The molecule has 0 unspecified atom stereocenters. The van der Waals surface area contributed by atoms with E-state index in [1.165, 1.54) is 6.08 Å². The van der Waals surface area contributed by atoms with E-state index in [-0.39, 0.29) is 17.9 Å². The van der Waals surface area contributed by atoms with Gasteiger partial charge in [0.2, 0.25) is 0 Å². The molecule has 0 rings (SSSR count). The maximum absolute atomic E-state index is 10.5. The van der Waals surface area contributed by atoms with Crippen molar-refractivity contribution in [2.75, 3.05) is 0 Å². The van der Waals surface area contributed by atoms with Gasteiger partial charge >= 0.3 is 11.9 Å². The Morgan fingerprint density at radius 2 is 1.83 bits per heavy atom. The van der Waals surface area contributed by atoms with Crippen LogP contribution in [-0.2, 0) is 9.59 Å². The van der Waals surface area contributed by atoms with Gasteiger partial charge in [0.15, 0.2) is 0 Å². The first kappa shape index (κ1) is 10.7. The summed E-state index contributed by atoms with van der Waals surface area (Å²) in [5.74, 6) is -2.22. The predicted octanol–water partition coefficient (Wildman–Crippen LogP) is 1.13. The summed E-state index contributed by atoms with van der Waals surface area (Å²) in [6.07, 6.45) is 0.995. The normalized spacial score (nSPS) is 11.8. The van der Waals surface area contributed by atoms with E-state index in [0.717, 1.165) is 0 Å². The van der Waals surface area contributed by atoms with Crippen LogP contribution in [0.25, 0.3) is 0 Å². The predicted molar refractivity (Wildman–Crippen MR) is 42.8 cm³/mol. The van der Waals surface area contributed by atoms with Gasteiger partial charge in [-0.25, -0.2) is 4.79 Å². The molecule has 0 aromatic carbocycles. The van der Waals surface area contributed by atoms with Crippen molar-refractivity contribution < 1.29 is 19.8 Å². The third-order valence-electron chi connectivity index (χ3n) is 1.37. The Labute approximate surface area is 70.5 Å². The van der Waals surface area contributed by atoms with E-state index in [2.05, 4.69) is 0 Å². The van der Waals surface area contributed by atoms with Gasteiger partial charge in [0.25, 0.3) is 0 Å². The molecule has 4 heteroatoms. The average molecular weight is 172 g/mol. The second-order valence-electron chi connectivity index (χ2n) is 2.72. The lowest BCUT2D eigenvalue weighted by Gasteiger charge is -2.04. The van der Waals surface area contributed by atoms with E-state index in [4.69, 9.17) is 10.2 Å². The first-order valence-electron chi connectivity index (χ1n) is 3.60. The highest BCUT2D eigenvalue weighted by atomic mass is 16.4. The highest BCUT2D eigenvalue weighted by Crippen LogP contribution is 2.10. The molecule has 0 spiro atoms. The third-order valence-corrected chi connectivity index (χ3v) is 1.37. The van der Waals surface area contributed by atoms with Crippen molar-refractivity contribution in [2.45, 2.75) is 20.3 Å². The van der Waals surface area contributed by atoms with Crippen LogP contribution in [0.1, 0.15) is 20.3 Å². The molecule has 0 saturated heterocycles. The number of aliphatic carboxylic acids is 2. The lowest BCUT2D eigenvalue weighted by Crippen LogP contribution is -2.07. The lowest BCUT2D eigenvalue weighted by molar-refractivity contribution is -0.136. The summed E-state index contributed by atoms with van der Waals surface area (Å²) in [6.45, 7) is 3.42. The van der Waals surface area contributed by atoms with E-state index in [1.807, 2.05) is 0 Å². The molecule has 0 aliphatic rings. The van der Waals surface area contributed by atoms with Gasteiger partial charge in [-0.15, -0.1) is 0 Å². The molecule has 68 valence electrons. The lowest BCUT2D eigenvalue weighted by atomic mass is 10.0. The molecule has 12 heavy (non-hydrogen) atoms. The molecule has 0 aromatic rings. The molecule has 0 aliphatic heterocycles. The standard InChI is InChI=1S/C8H12O4/c1-5(2)6(8(11)12)3-4-7(9)10/h3,5H,4H2,1-2H3,(H,9,10)(H,11,12). The van der Waals surface area contributed by atoms with Gasteiger partial charge in [-0.05, 0) is 5.92 Å². The molecule has 4 nitrogen and oxygen atoms in total. The van der Waals surface area contributed by atoms with Crippen LogP contribution in [0, 0.1) is 5.92 Å². The Balaban J connectivity index is 4.40. The number of carboxylic acids is 2. The second-order valence-corrected chi connectivity index (χ2v) is 2.72. The molecule has 0 saturated carbocycles. The molecule has 0 bridgehead atoms. The minimum Gasteiger partial charge on any atom is -0.481 e. The average Bonchev–Trinajstić information content (AvgIpc) is 1.84. The van der Waals surface area contributed by atoms with Crippen LogP contribution in [-0.4, -0.2) is 22.2 Å². The van der Waals surface area contributed by atoms with Crippen molar-refractivity contribution in [1.29, 1.82) is 0 Å². The summed E-state index contributed by atoms with van der Waals surface area (Å²) in [6, 6.07) is 0. The molecular formula is C8H12O4. The van der Waals surface area contributed by atoms with E-state index in [9.17, 15) is 9.59 Å². The third kappa shape index (κ3) is 3.75. The number of hydrogen-bond acceptors (Lipinski definition) is 2. The number of carbonyl (C=O) groups is 2. The maximum Gasteiger partial charge on any atom is 0.331 e. The van der Waals surface area contributed by atoms with Gasteiger partial charge < -0.3 is 10.2 Å². The van der Waals surface area contributed by atoms with Gasteiger partial charge in [-0.2, -0.15) is 0 Å². The van der Waals surface area contributed by atoms with E-state index < -0.39 is 11.9 Å². The minimum absolute atomic E-state index is 0.150. The van der Waals surface area contributed by atoms with Crippen LogP contribution in [0.2, 0.25) is 0 Å². The summed E-state index contributed by atoms with van der Waals surface area (Å²) in [7, 11) is 0. The van der Waals surface area contributed by atoms with Crippen molar-refractivity contribution in [2.24, 2.45) is 5.92 Å². The highest BCUT2D eigenvalue weighted by Gasteiger charge is 2.11. The second kappa shape index (κ2) is 4.54. The molecule has 0 heterocycles. The highest BCUT2D eigenvalue weighted by molar-refractivity contribution is 5.87. The fraction of sp³-hybridized carbons (Fsp3) is 0.500. The summed E-state index contributed by atoms with van der Waals surface area (Å²) in [5, 5.41) is 16.9. The van der Waals surface area contributed by atoms with E-state index in [0.29, 0.717) is 0 Å². The van der Waals surface area contributed by atoms with Gasteiger partial charge in [0.05, 0.1) is 6.42 Å². The zero-order chi connectivity index (χ0) is 9.72. The van der Waals surface area contributed by atoms with Crippen LogP contribution < -0.4 is 0 Å². The Bertz CT molecular complexity index is 215. The van der Waals surface area contributed by atoms with E-state index in [1.54, 1.807) is 13.8 Å². The van der Waals surface area contributed by atoms with Crippen LogP contribution in [0.15, 0.2) is 11.6 Å². The summed E-state index contributed by atoms with van der Waals surface area (Å²) >= 11 is 0. The Morgan fingerprint density at radius 1 is 1.33 bits per heavy atom. The zero-order valence-electron chi connectivity index (χ0n) is 7.07. The zero-order valence-corrected chi connectivity index (χ0v) is 7.07. The first-order valence-corrected chi connectivity index (χ1v) is 3.60. The molecule has 0 amide bonds. The Morgan fingerprint density at radius 3 is 2.08 bits per heavy atom. The summed E-state index contributed by atoms with van der Waals surface area (Å²) in [5.41, 5.74) is 0.150. The van der Waals surface area contributed by atoms with Crippen LogP contribution in [0.4, 0.5) is 0 Å². The quantitative estimate of drug-likeness (QED) is 0.623. The molecular weight excluding hydrogens is 160 g/mol. The molecule has 0 aromatic heterocycles. The SMILES string of the molecule is CC(C)C(=CCC(=O)O)C(=O)O. The van der Waals surface area contributed by atoms with Crippen molar-refractivity contribution >= 4 is 11.9 Å². The van der Waals surface area contributed by atoms with Crippen LogP contribution >= 0.6 is 0 Å². The summed E-state index contributed by atoms with van der Waals surface area (Å²) < 4.78 is 0. The van der Waals surface area contributed by atoms with Crippen LogP contribution in [0.3, 0.4) is 0 Å². The number of rotatable bonds is 4. The van der Waals surface area contributed by atoms with Crippen molar-refractivity contribution in [3.05, 3.63) is 11.6 Å². The van der Waals surface area contributed by atoms with E-state index >= 15 is 0 Å². The van der Waals surface area contributed by atoms with Gasteiger partial charge in [0, 0.05) is 5.57 Å². The maximum atomic E-state index is 10.5. The van der Waals surface area contributed by atoms with Crippen molar-refractivity contribution in [3.63, 3.8) is 0 Å². The largest absolute Gasteiger partial charge is 0.481 e. The molecule has 0 radical (unpaired) electrons. The number of hydrogen-bond donors (Lipinski definition) is 2. The smallest absolute Gasteiger partial charge is 0.331 e. The van der Waals surface area contributed by atoms with Gasteiger partial charge in [-0.3, -0.25) is 4.79 Å². The van der Waals surface area contributed by atoms with Gasteiger partial charge in [-0.1, -0.05) is 19.9 Å². The molecule has 0 fully saturated rings.